The third-order valence-corrected chi connectivity index (χ3v) is 5.25. The summed E-state index contributed by atoms with van der Waals surface area (Å²) in [6.07, 6.45) is 1.34. The van der Waals surface area contributed by atoms with Gasteiger partial charge in [-0.1, -0.05) is 13.8 Å². The van der Waals surface area contributed by atoms with Crippen LogP contribution in [-0.2, 0) is 16.6 Å². The highest BCUT2D eigenvalue weighted by atomic mass is 32.2. The number of aliphatic hydroxyl groups is 1. The van der Waals surface area contributed by atoms with E-state index in [1.54, 1.807) is 0 Å². The first-order chi connectivity index (χ1) is 7.96. The van der Waals surface area contributed by atoms with Gasteiger partial charge >= 0.3 is 0 Å². The molecular formula is C10H17N3O3S. The summed E-state index contributed by atoms with van der Waals surface area (Å²) < 4.78 is 26.1. The van der Waals surface area contributed by atoms with Crippen molar-refractivity contribution in [3.05, 3.63) is 11.8 Å². The fraction of sp³-hybridized carbons (Fsp3) is 0.700. The molecule has 1 fully saturated rings. The summed E-state index contributed by atoms with van der Waals surface area (Å²) in [4.78, 5) is 0. The van der Waals surface area contributed by atoms with Gasteiger partial charge in [0.05, 0.1) is 12.8 Å². The summed E-state index contributed by atoms with van der Waals surface area (Å²) in [7, 11) is -3.55. The molecule has 2 rings (SSSR count). The van der Waals surface area contributed by atoms with Gasteiger partial charge in [0.25, 0.3) is 10.0 Å². The Balaban J connectivity index is 2.32. The number of hydrogen-bond acceptors (Lipinski definition) is 4. The number of nitrogens with zero attached hydrogens (tertiary/aromatic N) is 2. The van der Waals surface area contributed by atoms with Crippen LogP contribution in [0.4, 0.5) is 0 Å². The lowest BCUT2D eigenvalue weighted by Gasteiger charge is -2.15. The molecule has 2 heterocycles. The first-order valence-corrected chi connectivity index (χ1v) is 7.04. The zero-order valence-electron chi connectivity index (χ0n) is 9.92. The lowest BCUT2D eigenvalue weighted by molar-refractivity contribution is 0.278. The number of rotatable bonds is 3. The van der Waals surface area contributed by atoms with E-state index in [1.807, 2.05) is 13.8 Å². The third kappa shape index (κ3) is 2.10. The Morgan fingerprint density at radius 1 is 1.47 bits per heavy atom. The van der Waals surface area contributed by atoms with E-state index in [2.05, 4.69) is 10.2 Å². The van der Waals surface area contributed by atoms with Crippen molar-refractivity contribution in [3.8, 4) is 0 Å². The van der Waals surface area contributed by atoms with E-state index < -0.39 is 10.0 Å². The number of nitrogens with one attached hydrogen (secondary N) is 1. The number of aromatic nitrogens is 2. The molecule has 1 aromatic rings. The summed E-state index contributed by atoms with van der Waals surface area (Å²) in [5.41, 5.74) is 0.317. The highest BCUT2D eigenvalue weighted by Gasteiger charge is 2.36. The topological polar surface area (TPSA) is 86.3 Å². The first kappa shape index (κ1) is 12.5. The minimum atomic E-state index is -3.55. The molecule has 0 spiro atoms. The van der Waals surface area contributed by atoms with Crippen molar-refractivity contribution in [2.75, 3.05) is 13.1 Å². The average molecular weight is 259 g/mol. The smallest absolute Gasteiger partial charge is 0.260 e. The van der Waals surface area contributed by atoms with Gasteiger partial charge < -0.3 is 5.11 Å². The number of sulfonamides is 1. The molecule has 1 aliphatic heterocycles. The van der Waals surface area contributed by atoms with E-state index in [4.69, 9.17) is 5.11 Å². The molecule has 2 unspecified atom stereocenters. The molecule has 0 bridgehead atoms. The zero-order valence-corrected chi connectivity index (χ0v) is 10.7. The normalized spacial score (nSPS) is 26.5. The van der Waals surface area contributed by atoms with Crippen LogP contribution in [-0.4, -0.2) is 41.1 Å². The Hall–Kier alpha value is -0.920. The minimum absolute atomic E-state index is 0.0151. The van der Waals surface area contributed by atoms with E-state index in [0.29, 0.717) is 30.5 Å². The maximum atomic E-state index is 12.3. The number of hydrogen-bond donors (Lipinski definition) is 2. The molecule has 7 heteroatoms. The molecular weight excluding hydrogens is 242 g/mol. The van der Waals surface area contributed by atoms with Crippen LogP contribution in [0.2, 0.25) is 0 Å². The Morgan fingerprint density at radius 3 is 2.59 bits per heavy atom. The second kappa shape index (κ2) is 4.40. The SMILES string of the molecule is CC1CN(S(=O)(=O)c2[nH]ncc2CO)CC1C. The van der Waals surface area contributed by atoms with Gasteiger partial charge in [0, 0.05) is 18.7 Å². The van der Waals surface area contributed by atoms with Gasteiger partial charge in [-0.15, -0.1) is 0 Å². The lowest BCUT2D eigenvalue weighted by atomic mass is 10.0. The quantitative estimate of drug-likeness (QED) is 0.810. The fourth-order valence-corrected chi connectivity index (χ4v) is 3.78. The summed E-state index contributed by atoms with van der Waals surface area (Å²) in [5.74, 6) is 0.704. The van der Waals surface area contributed by atoms with Crippen molar-refractivity contribution in [3.63, 3.8) is 0 Å². The number of H-pyrrole nitrogens is 1. The summed E-state index contributed by atoms with van der Waals surface area (Å²) in [6, 6.07) is 0. The van der Waals surface area contributed by atoms with Crippen LogP contribution in [0.25, 0.3) is 0 Å². The van der Waals surface area contributed by atoms with Gasteiger partial charge in [-0.3, -0.25) is 5.10 Å². The molecule has 96 valence electrons. The molecule has 6 nitrogen and oxygen atoms in total. The average Bonchev–Trinajstić information content (AvgIpc) is 2.86. The van der Waals surface area contributed by atoms with Crippen LogP contribution >= 0.6 is 0 Å². The minimum Gasteiger partial charge on any atom is -0.392 e. The summed E-state index contributed by atoms with van der Waals surface area (Å²) in [6.45, 7) is 4.80. The Kier molecular flexibility index (Phi) is 3.24. The maximum Gasteiger partial charge on any atom is 0.260 e. The van der Waals surface area contributed by atoms with Crippen LogP contribution in [0.5, 0.6) is 0 Å². The van der Waals surface area contributed by atoms with Gasteiger partial charge in [0.1, 0.15) is 0 Å². The van der Waals surface area contributed by atoms with E-state index >= 15 is 0 Å². The first-order valence-electron chi connectivity index (χ1n) is 5.60. The third-order valence-electron chi connectivity index (χ3n) is 3.40. The molecule has 2 atom stereocenters. The molecule has 2 N–H and O–H groups in total. The zero-order chi connectivity index (χ0) is 12.6. The largest absolute Gasteiger partial charge is 0.392 e. The molecule has 0 amide bonds. The standard InChI is InChI=1S/C10H17N3O3S/c1-7-4-13(5-8(7)2)17(15,16)10-9(6-14)3-11-12-10/h3,7-8,14H,4-6H2,1-2H3,(H,11,12). The number of aliphatic hydroxyl groups excluding tert-OH is 1. The molecule has 0 radical (unpaired) electrons. The van der Waals surface area contributed by atoms with Gasteiger partial charge in [-0.2, -0.15) is 9.40 Å². The van der Waals surface area contributed by atoms with Crippen LogP contribution < -0.4 is 0 Å². The van der Waals surface area contributed by atoms with Gasteiger partial charge in [-0.05, 0) is 11.8 Å². The summed E-state index contributed by atoms with van der Waals surface area (Å²) >= 11 is 0. The molecule has 0 aromatic carbocycles. The van der Waals surface area contributed by atoms with E-state index in [9.17, 15) is 8.42 Å². The van der Waals surface area contributed by atoms with E-state index in [0.717, 1.165) is 0 Å². The molecule has 1 aromatic heterocycles. The fourth-order valence-electron chi connectivity index (χ4n) is 2.04. The van der Waals surface area contributed by atoms with Crippen LogP contribution in [0.15, 0.2) is 11.2 Å². The van der Waals surface area contributed by atoms with Crippen molar-refractivity contribution in [2.45, 2.75) is 25.5 Å². The highest BCUT2D eigenvalue weighted by molar-refractivity contribution is 7.89. The second-order valence-electron chi connectivity index (χ2n) is 4.66. The Labute approximate surface area is 101 Å². The lowest BCUT2D eigenvalue weighted by Crippen LogP contribution is -2.30. The van der Waals surface area contributed by atoms with E-state index in [1.165, 1.54) is 10.5 Å². The Morgan fingerprint density at radius 2 is 2.06 bits per heavy atom. The predicted molar refractivity (Wildman–Crippen MR) is 61.6 cm³/mol. The van der Waals surface area contributed by atoms with Gasteiger partial charge in [-0.25, -0.2) is 8.42 Å². The second-order valence-corrected chi connectivity index (χ2v) is 6.53. The summed E-state index contributed by atoms with van der Waals surface area (Å²) in [5, 5.41) is 15.2. The van der Waals surface area contributed by atoms with E-state index in [-0.39, 0.29) is 11.6 Å². The highest BCUT2D eigenvalue weighted by Crippen LogP contribution is 2.28. The predicted octanol–water partition coefficient (Wildman–Crippen LogP) is 0.178. The van der Waals surface area contributed by atoms with Crippen molar-refractivity contribution in [1.29, 1.82) is 0 Å². The Bertz CT molecular complexity index is 487. The van der Waals surface area contributed by atoms with Crippen molar-refractivity contribution in [2.24, 2.45) is 11.8 Å². The maximum absolute atomic E-state index is 12.3. The van der Waals surface area contributed by atoms with Crippen molar-refractivity contribution in [1.82, 2.24) is 14.5 Å². The van der Waals surface area contributed by atoms with Crippen LogP contribution in [0.1, 0.15) is 19.4 Å². The molecule has 0 saturated carbocycles. The molecule has 1 saturated heterocycles. The monoisotopic (exact) mass is 259 g/mol. The van der Waals surface area contributed by atoms with Crippen molar-refractivity contribution < 1.29 is 13.5 Å². The van der Waals surface area contributed by atoms with Crippen LogP contribution in [0.3, 0.4) is 0 Å². The van der Waals surface area contributed by atoms with Crippen molar-refractivity contribution >= 4 is 10.0 Å². The van der Waals surface area contributed by atoms with Crippen LogP contribution in [0, 0.1) is 11.8 Å². The van der Waals surface area contributed by atoms with Gasteiger partial charge in [0.15, 0.2) is 5.03 Å². The molecule has 1 aliphatic rings. The number of aromatic amines is 1. The molecule has 0 aliphatic carbocycles. The van der Waals surface area contributed by atoms with Gasteiger partial charge in [0.2, 0.25) is 0 Å². The molecule has 17 heavy (non-hydrogen) atoms.